The molecule has 0 aromatic heterocycles. The van der Waals surface area contributed by atoms with E-state index in [0.29, 0.717) is 12.0 Å². The molecule has 0 aliphatic heterocycles. The van der Waals surface area contributed by atoms with E-state index >= 15 is 0 Å². The molecular formula is C49H78N12O18. The fourth-order valence-corrected chi connectivity index (χ4v) is 7.46. The molecule has 0 unspecified atom stereocenters. The van der Waals surface area contributed by atoms with Crippen LogP contribution in [0.2, 0.25) is 0 Å². The minimum Gasteiger partial charge on any atom is -0.508 e. The minimum absolute atomic E-state index is 0.0898. The number of phenolic OH excluding ortho intramolecular Hbond substituents is 1. The number of carboxylic acid groups (broad SMARTS) is 3. The molecule has 79 heavy (non-hydrogen) atoms. The topological polar surface area (TPSA) is 523 Å². The predicted octanol–water partition coefficient (Wildman–Crippen LogP) is -4.69. The van der Waals surface area contributed by atoms with Crippen LogP contribution in [0.5, 0.6) is 5.75 Å². The number of aliphatic hydroxyl groups excluding tert-OH is 1. The van der Waals surface area contributed by atoms with Crippen molar-refractivity contribution in [2.45, 2.75) is 172 Å². The van der Waals surface area contributed by atoms with Gasteiger partial charge in [0.1, 0.15) is 60.1 Å². The monoisotopic (exact) mass is 1120 g/mol. The number of carboxylic acids is 3. The second-order valence-electron chi connectivity index (χ2n) is 19.6. The summed E-state index contributed by atoms with van der Waals surface area (Å²) in [6.45, 7) is 7.64. The SMILES string of the molecule is CC(C)C[C@H](NC(=O)[C@H](CC(=O)O)NC(=O)[C@H](CCC(N)=O)NC(=O)[C@@H](N)[C@@H](C)O)C(=O)N[C@H](C(=O)N[C@@H](CCC(N)=O)C(=O)N[C@@H](CCC(=O)O)C(=O)N[C@@H](CCCCN)C(=O)N[C@@H](Cc1ccc(O)cc1)C(=O)O)C(C)C. The predicted molar refractivity (Wildman–Crippen MR) is 278 cm³/mol. The van der Waals surface area contributed by atoms with Crippen molar-refractivity contribution in [2.24, 2.45) is 34.8 Å². The highest BCUT2D eigenvalue weighted by atomic mass is 16.4. The van der Waals surface area contributed by atoms with Gasteiger partial charge < -0.3 is 91.0 Å². The van der Waals surface area contributed by atoms with Gasteiger partial charge in [-0.25, -0.2) is 4.79 Å². The molecule has 0 aliphatic rings. The highest BCUT2D eigenvalue weighted by molar-refractivity contribution is 5.99. The van der Waals surface area contributed by atoms with Crippen LogP contribution in [0.25, 0.3) is 0 Å². The number of hydrogen-bond acceptors (Lipinski definition) is 17. The zero-order chi connectivity index (χ0) is 60.3. The molecule has 442 valence electrons. The first-order chi connectivity index (χ1) is 36.9. The van der Waals surface area contributed by atoms with Crippen LogP contribution in [0.3, 0.4) is 0 Å². The summed E-state index contributed by atoms with van der Waals surface area (Å²) in [5.74, 6) is -16.2. The van der Waals surface area contributed by atoms with Crippen molar-refractivity contribution in [3.63, 3.8) is 0 Å². The minimum atomic E-state index is -1.92. The molecule has 30 heteroatoms. The van der Waals surface area contributed by atoms with Gasteiger partial charge in [0.05, 0.1) is 12.5 Å². The summed E-state index contributed by atoms with van der Waals surface area (Å²) in [7, 11) is 0. The van der Waals surface area contributed by atoms with Crippen LogP contribution in [0.1, 0.15) is 111 Å². The van der Waals surface area contributed by atoms with Gasteiger partial charge in [-0.05, 0) is 87.9 Å². The Morgan fingerprint density at radius 2 is 0.899 bits per heavy atom. The van der Waals surface area contributed by atoms with Crippen LogP contribution in [0.15, 0.2) is 24.3 Å². The lowest BCUT2D eigenvalue weighted by Crippen LogP contribution is -2.61. The van der Waals surface area contributed by atoms with Crippen molar-refractivity contribution < 1.29 is 87.9 Å². The van der Waals surface area contributed by atoms with Gasteiger partial charge in [0.15, 0.2) is 0 Å². The Morgan fingerprint density at radius 1 is 0.494 bits per heavy atom. The number of carbonyl (C=O) groups is 13. The average molecular weight is 1120 g/mol. The maximum atomic E-state index is 14.1. The molecule has 10 atom stereocenters. The van der Waals surface area contributed by atoms with Crippen molar-refractivity contribution >= 4 is 77.0 Å². The van der Waals surface area contributed by atoms with Crippen molar-refractivity contribution in [2.75, 3.05) is 6.54 Å². The van der Waals surface area contributed by atoms with E-state index in [1.54, 1.807) is 13.8 Å². The molecule has 0 heterocycles. The summed E-state index contributed by atoms with van der Waals surface area (Å²) < 4.78 is 0. The lowest BCUT2D eigenvalue weighted by atomic mass is 9.98. The molecule has 1 rings (SSSR count). The Hall–Kier alpha value is -7.99. The summed E-state index contributed by atoms with van der Waals surface area (Å²) in [4.78, 5) is 169. The number of nitrogens with two attached hydrogens (primary N) is 4. The molecular weight excluding hydrogens is 1040 g/mol. The van der Waals surface area contributed by atoms with Gasteiger partial charge in [-0.3, -0.25) is 57.5 Å². The average Bonchev–Trinajstić information content (AvgIpc) is 3.35. The van der Waals surface area contributed by atoms with Crippen LogP contribution in [-0.4, -0.2) is 170 Å². The first-order valence-electron chi connectivity index (χ1n) is 25.4. The van der Waals surface area contributed by atoms with E-state index in [2.05, 4.69) is 42.5 Å². The van der Waals surface area contributed by atoms with Gasteiger partial charge in [-0.2, -0.15) is 0 Å². The van der Waals surface area contributed by atoms with Crippen LogP contribution >= 0.6 is 0 Å². The number of benzene rings is 1. The highest BCUT2D eigenvalue weighted by Crippen LogP contribution is 2.14. The van der Waals surface area contributed by atoms with Gasteiger partial charge in [0.25, 0.3) is 0 Å². The van der Waals surface area contributed by atoms with E-state index in [1.165, 1.54) is 45.0 Å². The second-order valence-corrected chi connectivity index (χ2v) is 19.6. The fourth-order valence-electron chi connectivity index (χ4n) is 7.46. The van der Waals surface area contributed by atoms with E-state index in [1.807, 2.05) is 0 Å². The van der Waals surface area contributed by atoms with Crippen LogP contribution in [0, 0.1) is 11.8 Å². The summed E-state index contributed by atoms with van der Waals surface area (Å²) in [6.07, 6.45) is -5.58. The number of aromatic hydroxyl groups is 1. The molecule has 0 aliphatic carbocycles. The zero-order valence-corrected chi connectivity index (χ0v) is 44.8. The maximum absolute atomic E-state index is 14.1. The number of phenols is 1. The van der Waals surface area contributed by atoms with Gasteiger partial charge in [0, 0.05) is 25.7 Å². The number of nitrogens with one attached hydrogen (secondary N) is 8. The van der Waals surface area contributed by atoms with Crippen molar-refractivity contribution in [3.8, 4) is 5.75 Å². The fraction of sp³-hybridized carbons (Fsp3) is 0.612. The summed E-state index contributed by atoms with van der Waals surface area (Å²) in [6, 6.07) is -9.09. The highest BCUT2D eigenvalue weighted by Gasteiger charge is 2.37. The van der Waals surface area contributed by atoms with Crippen molar-refractivity contribution in [3.05, 3.63) is 29.8 Å². The third-order valence-corrected chi connectivity index (χ3v) is 11.9. The lowest BCUT2D eigenvalue weighted by Gasteiger charge is -2.29. The zero-order valence-electron chi connectivity index (χ0n) is 44.8. The Kier molecular flexibility index (Phi) is 30.3. The molecule has 0 bridgehead atoms. The first kappa shape index (κ1) is 69.0. The molecule has 0 fully saturated rings. The molecule has 1 aromatic rings. The molecule has 21 N–H and O–H groups in total. The first-order valence-corrected chi connectivity index (χ1v) is 25.4. The Balaban J connectivity index is 3.52. The quantitative estimate of drug-likeness (QED) is 0.0277. The number of aliphatic hydroxyl groups is 1. The van der Waals surface area contributed by atoms with Gasteiger partial charge in [-0.15, -0.1) is 0 Å². The van der Waals surface area contributed by atoms with Gasteiger partial charge in [0.2, 0.25) is 59.1 Å². The number of carbonyl (C=O) groups excluding carboxylic acids is 10. The van der Waals surface area contributed by atoms with E-state index in [0.717, 1.165) is 0 Å². The Labute approximate surface area is 455 Å². The molecule has 10 amide bonds. The molecule has 0 saturated heterocycles. The number of hydrogen-bond donors (Lipinski definition) is 17. The molecule has 0 spiro atoms. The van der Waals surface area contributed by atoms with E-state index < -0.39 is 188 Å². The third-order valence-electron chi connectivity index (χ3n) is 11.9. The molecule has 0 radical (unpaired) electrons. The number of unbranched alkanes of at least 4 members (excludes halogenated alkanes) is 1. The van der Waals surface area contributed by atoms with Gasteiger partial charge in [-0.1, -0.05) is 39.8 Å². The van der Waals surface area contributed by atoms with Gasteiger partial charge >= 0.3 is 17.9 Å². The van der Waals surface area contributed by atoms with Crippen LogP contribution in [-0.2, 0) is 68.7 Å². The summed E-state index contributed by atoms with van der Waals surface area (Å²) in [5.41, 5.74) is 22.3. The summed E-state index contributed by atoms with van der Waals surface area (Å²) >= 11 is 0. The smallest absolute Gasteiger partial charge is 0.326 e. The van der Waals surface area contributed by atoms with Crippen LogP contribution in [0.4, 0.5) is 0 Å². The number of primary amides is 2. The normalized spacial score (nSPS) is 14.9. The van der Waals surface area contributed by atoms with E-state index in [-0.39, 0.29) is 43.9 Å². The van der Waals surface area contributed by atoms with Crippen molar-refractivity contribution in [1.29, 1.82) is 0 Å². The number of rotatable bonds is 38. The lowest BCUT2D eigenvalue weighted by molar-refractivity contribution is -0.142. The molecule has 0 saturated carbocycles. The second kappa shape index (κ2) is 34.7. The third kappa shape index (κ3) is 26.8. The number of amides is 10. The standard InChI is InChI=1S/C49H78N12O18/c1-23(2)20-32(58-45(74)33(22-38(68)69)59-44(73)29(13-16-35(51)64)56-47(76)39(53)25(5)62)46(75)61-40(24(3)4)48(77)57-30(14-17-36(52)65)42(71)55-31(15-18-37(66)67)43(72)54-28(8-6-7-19-50)41(70)60-34(49(78)79)21-26-9-11-27(63)12-10-26/h9-12,23-25,28-34,39-40,62-63H,6-8,13-22,50,53H2,1-5H3,(H2,51,64)(H2,52,65)(H,54,72)(H,55,71)(H,56,76)(H,57,77)(H,58,74)(H,59,73)(H,60,70)(H,61,75)(H,66,67)(H,68,69)(H,78,79)/t25-,28+,29+,30+,31+,32+,33+,34+,39+,40+/m1/s1. The Morgan fingerprint density at radius 3 is 1.32 bits per heavy atom. The largest absolute Gasteiger partial charge is 0.508 e. The van der Waals surface area contributed by atoms with E-state index in [9.17, 15) is 87.9 Å². The maximum Gasteiger partial charge on any atom is 0.326 e. The van der Waals surface area contributed by atoms with E-state index in [4.69, 9.17) is 22.9 Å². The number of aliphatic carboxylic acids is 3. The Bertz CT molecular complexity index is 2300. The summed E-state index contributed by atoms with van der Waals surface area (Å²) in [5, 5.41) is 67.4. The molecule has 1 aromatic carbocycles. The van der Waals surface area contributed by atoms with Crippen LogP contribution < -0.4 is 65.5 Å². The van der Waals surface area contributed by atoms with Crippen molar-refractivity contribution in [1.82, 2.24) is 42.5 Å². The molecule has 30 nitrogen and oxygen atoms in total.